The van der Waals surface area contributed by atoms with Crippen molar-refractivity contribution in [3.05, 3.63) is 0 Å². The van der Waals surface area contributed by atoms with Crippen molar-refractivity contribution in [1.82, 2.24) is 19.6 Å². The van der Waals surface area contributed by atoms with E-state index < -0.39 is 22.4 Å². The van der Waals surface area contributed by atoms with Gasteiger partial charge in [0.1, 0.15) is 36.1 Å². The number of nitrogens with zero attached hydrogens (tertiary/aromatic N) is 4. The Morgan fingerprint density at radius 2 is 1.03 bits per heavy atom. The van der Waals surface area contributed by atoms with Gasteiger partial charge in [0.05, 0.1) is 0 Å². The Hall–Kier alpha value is -1.50. The second kappa shape index (κ2) is 13.5. The van der Waals surface area contributed by atoms with Crippen LogP contribution in [-0.4, -0.2) is 115 Å². The van der Waals surface area contributed by atoms with E-state index in [1.807, 2.05) is 41.5 Å². The quantitative estimate of drug-likeness (QED) is 0.210. The molecule has 212 valence electrons. The van der Waals surface area contributed by atoms with E-state index >= 15 is 0 Å². The fraction of sp³-hybridized carbons (Fsp3) is 0.840. The summed E-state index contributed by atoms with van der Waals surface area (Å²) in [6, 6.07) is -0.511. The maximum absolute atomic E-state index is 12.5. The first-order valence-electron chi connectivity index (χ1n) is 13.1. The molecule has 2 heterocycles. The maximum atomic E-state index is 12.5. The Labute approximate surface area is 227 Å². The summed E-state index contributed by atoms with van der Waals surface area (Å²) in [7, 11) is 0. The van der Waals surface area contributed by atoms with Gasteiger partial charge in [0, 0.05) is 32.6 Å². The fourth-order valence-corrected chi connectivity index (χ4v) is 7.46. The van der Waals surface area contributed by atoms with Gasteiger partial charge in [-0.3, -0.25) is 19.4 Å². The lowest BCUT2D eigenvalue weighted by Gasteiger charge is -2.29. The topological polar surface area (TPSA) is 127 Å². The number of carbonyl (C=O) groups is 4. The lowest BCUT2D eigenvalue weighted by molar-refractivity contribution is -0.127. The van der Waals surface area contributed by atoms with Crippen LogP contribution in [0.2, 0.25) is 0 Å². The number of amides is 6. The minimum Gasteiger partial charge on any atom is -0.616 e. The predicted octanol–water partition coefficient (Wildman–Crippen LogP) is 2.27. The highest BCUT2D eigenvalue weighted by Gasteiger charge is 2.39. The third kappa shape index (κ3) is 9.33. The number of likely N-dealkylation sites (N-methyl/N-ethyl adjacent to an activating group) is 2. The Balaban J connectivity index is 1.66. The van der Waals surface area contributed by atoms with Crippen molar-refractivity contribution >= 4 is 46.2 Å². The third-order valence-electron chi connectivity index (χ3n) is 6.95. The van der Waals surface area contributed by atoms with E-state index in [9.17, 15) is 28.3 Å². The van der Waals surface area contributed by atoms with Gasteiger partial charge in [-0.2, -0.15) is 0 Å². The van der Waals surface area contributed by atoms with E-state index in [-0.39, 0.29) is 47.8 Å². The van der Waals surface area contributed by atoms with Crippen LogP contribution in [0.15, 0.2) is 0 Å². The molecule has 12 heteroatoms. The van der Waals surface area contributed by atoms with Crippen LogP contribution < -0.4 is 0 Å². The highest BCUT2D eigenvalue weighted by atomic mass is 32.2. The van der Waals surface area contributed by atoms with Crippen LogP contribution in [0, 0.1) is 10.8 Å². The van der Waals surface area contributed by atoms with Crippen molar-refractivity contribution in [2.24, 2.45) is 10.8 Å². The second-order valence-corrected chi connectivity index (χ2v) is 14.8. The average molecular weight is 561 g/mol. The summed E-state index contributed by atoms with van der Waals surface area (Å²) in [4.78, 5) is 54.6. The average Bonchev–Trinajstić information content (AvgIpc) is 3.25. The fourth-order valence-electron chi connectivity index (χ4n) is 4.37. The molecule has 0 spiro atoms. The van der Waals surface area contributed by atoms with Crippen molar-refractivity contribution in [3.63, 3.8) is 0 Å². The standard InChI is InChI=1S/C25H44N4O6S2/c1-7-26-16-20(30)28(22(26)32)18-24(3,4)10-14-36(34)12-9-13-37(35)15-11-25(5,6)19-29-21(31)17-27(8-2)23(29)33/h7-19H2,1-6H3. The Morgan fingerprint density at radius 1 is 0.676 bits per heavy atom. The number of rotatable bonds is 16. The molecule has 2 aliphatic heterocycles. The Bertz CT molecular complexity index is 774. The Kier molecular flexibility index (Phi) is 11.6. The van der Waals surface area contributed by atoms with Crippen molar-refractivity contribution in [2.75, 3.05) is 62.3 Å². The van der Waals surface area contributed by atoms with Crippen LogP contribution in [0.3, 0.4) is 0 Å². The smallest absolute Gasteiger partial charge is 0.327 e. The van der Waals surface area contributed by atoms with Gasteiger partial charge in [-0.25, -0.2) is 9.59 Å². The first-order chi connectivity index (χ1) is 17.2. The third-order valence-corrected chi connectivity index (χ3v) is 9.76. The molecule has 0 radical (unpaired) electrons. The minimum absolute atomic E-state index is 0.123. The van der Waals surface area contributed by atoms with Gasteiger partial charge in [-0.1, -0.05) is 50.0 Å². The van der Waals surface area contributed by atoms with Gasteiger partial charge in [0.2, 0.25) is 11.8 Å². The zero-order chi connectivity index (χ0) is 28.0. The molecular weight excluding hydrogens is 516 g/mol. The number of imide groups is 2. The van der Waals surface area contributed by atoms with Gasteiger partial charge in [0.15, 0.2) is 0 Å². The van der Waals surface area contributed by atoms with Gasteiger partial charge in [0.25, 0.3) is 0 Å². The molecule has 2 aliphatic rings. The van der Waals surface area contributed by atoms with Gasteiger partial charge >= 0.3 is 12.1 Å². The molecule has 0 aliphatic carbocycles. The molecule has 0 aromatic carbocycles. The molecule has 0 saturated carbocycles. The van der Waals surface area contributed by atoms with Crippen LogP contribution >= 0.6 is 0 Å². The van der Waals surface area contributed by atoms with Crippen LogP contribution in [0.1, 0.15) is 60.8 Å². The van der Waals surface area contributed by atoms with Gasteiger partial charge in [-0.15, -0.1) is 0 Å². The first-order valence-corrected chi connectivity index (χ1v) is 16.1. The number of hydrogen-bond acceptors (Lipinski definition) is 6. The summed E-state index contributed by atoms with van der Waals surface area (Å²) in [6.07, 6.45) is 1.82. The lowest BCUT2D eigenvalue weighted by atomic mass is 9.89. The van der Waals surface area contributed by atoms with E-state index in [0.717, 1.165) is 0 Å². The van der Waals surface area contributed by atoms with Crippen molar-refractivity contribution in [1.29, 1.82) is 0 Å². The summed E-state index contributed by atoms with van der Waals surface area (Å²) in [5.41, 5.74) is -0.684. The Morgan fingerprint density at radius 3 is 1.32 bits per heavy atom. The number of urea groups is 2. The van der Waals surface area contributed by atoms with E-state index in [1.165, 1.54) is 19.6 Å². The molecule has 0 N–H and O–H groups in total. The molecule has 6 amide bonds. The zero-order valence-electron chi connectivity index (χ0n) is 23.2. The van der Waals surface area contributed by atoms with E-state index in [4.69, 9.17) is 0 Å². The van der Waals surface area contributed by atoms with E-state index in [2.05, 4.69) is 0 Å². The zero-order valence-corrected chi connectivity index (χ0v) is 24.9. The summed E-state index contributed by atoms with van der Waals surface area (Å²) < 4.78 is 25.1. The normalized spacial score (nSPS) is 19.0. The lowest BCUT2D eigenvalue weighted by Crippen LogP contribution is -2.40. The maximum Gasteiger partial charge on any atom is 0.327 e. The van der Waals surface area contributed by atoms with Crippen molar-refractivity contribution in [3.8, 4) is 0 Å². The van der Waals surface area contributed by atoms with Crippen molar-refractivity contribution < 1.29 is 28.3 Å². The second-order valence-electron chi connectivity index (χ2n) is 11.4. The van der Waals surface area contributed by atoms with Crippen LogP contribution in [0.25, 0.3) is 0 Å². The summed E-state index contributed by atoms with van der Waals surface area (Å²) >= 11 is -2.14. The molecule has 0 aromatic rings. The summed E-state index contributed by atoms with van der Waals surface area (Å²) in [6.45, 7) is 13.4. The van der Waals surface area contributed by atoms with E-state index in [1.54, 1.807) is 0 Å². The molecule has 2 saturated heterocycles. The summed E-state index contributed by atoms with van der Waals surface area (Å²) in [5, 5.41) is 0. The number of carbonyl (C=O) groups excluding carboxylic acids is 4. The predicted molar refractivity (Wildman–Crippen MR) is 146 cm³/mol. The van der Waals surface area contributed by atoms with Crippen LogP contribution in [0.5, 0.6) is 0 Å². The SMILES string of the molecule is CCN1CC(=O)N(CC(C)(C)CC[S+]([O-])CCC[S+]([O-])CCC(C)(C)CN2C(=O)CN(CC)C2=O)C1=O. The molecule has 10 nitrogen and oxygen atoms in total. The van der Waals surface area contributed by atoms with E-state index in [0.29, 0.717) is 68.5 Å². The molecule has 0 bridgehead atoms. The molecule has 2 rings (SSSR count). The van der Waals surface area contributed by atoms with Gasteiger partial charge in [-0.05, 0) is 37.5 Å². The largest absolute Gasteiger partial charge is 0.616 e. The molecule has 37 heavy (non-hydrogen) atoms. The first kappa shape index (κ1) is 31.7. The highest BCUT2D eigenvalue weighted by molar-refractivity contribution is 7.92. The molecular formula is C25H44N4O6S2. The number of hydrogen-bond donors (Lipinski definition) is 0. The minimum atomic E-state index is -1.07. The van der Waals surface area contributed by atoms with Crippen LogP contribution in [-0.2, 0) is 31.9 Å². The van der Waals surface area contributed by atoms with Crippen molar-refractivity contribution in [2.45, 2.75) is 60.8 Å². The monoisotopic (exact) mass is 560 g/mol. The molecule has 2 atom stereocenters. The molecule has 2 fully saturated rings. The highest BCUT2D eigenvalue weighted by Crippen LogP contribution is 2.27. The van der Waals surface area contributed by atoms with Crippen LogP contribution in [0.4, 0.5) is 9.59 Å². The van der Waals surface area contributed by atoms with Gasteiger partial charge < -0.3 is 18.9 Å². The molecule has 2 unspecified atom stereocenters. The summed E-state index contributed by atoms with van der Waals surface area (Å²) in [5.74, 6) is 1.47. The molecule has 0 aromatic heterocycles.